The van der Waals surface area contributed by atoms with Crippen molar-refractivity contribution in [2.24, 2.45) is 0 Å². The van der Waals surface area contributed by atoms with Gasteiger partial charge in [0.1, 0.15) is 5.56 Å². The summed E-state index contributed by atoms with van der Waals surface area (Å²) in [7, 11) is 0. The predicted molar refractivity (Wildman–Crippen MR) is 23.6 cm³/mol. The lowest BCUT2D eigenvalue weighted by atomic mass is 10.4. The molecule has 0 aliphatic rings. The number of H-pyrrole nitrogens is 1. The quantitative estimate of drug-likeness (QED) is 0.553. The number of carbonyl (C=O) groups is 1. The third-order valence-electron chi connectivity index (χ3n) is 0.734. The van der Waals surface area contributed by atoms with Crippen molar-refractivity contribution >= 4 is 5.97 Å². The second kappa shape index (κ2) is 1.65. The van der Waals surface area contributed by atoms with Gasteiger partial charge in [-0.05, 0) is 0 Å². The van der Waals surface area contributed by atoms with Crippen LogP contribution in [0.1, 0.15) is 10.4 Å². The van der Waals surface area contributed by atoms with Gasteiger partial charge in [0.2, 0.25) is 0 Å². The maximum atomic E-state index is 9.89. The number of hydrogen-bond donors (Lipinski definition) is 1. The van der Waals surface area contributed by atoms with Crippen molar-refractivity contribution in [3.05, 3.63) is 18.0 Å². The zero-order valence-corrected chi connectivity index (χ0v) is 3.92. The highest BCUT2D eigenvalue weighted by atomic mass is 16.4. The van der Waals surface area contributed by atoms with Crippen LogP contribution in [0.3, 0.4) is 0 Å². The normalized spacial score (nSPS) is 9.00. The van der Waals surface area contributed by atoms with E-state index in [4.69, 9.17) is 0 Å². The van der Waals surface area contributed by atoms with Crippen LogP contribution in [0.15, 0.2) is 12.4 Å². The van der Waals surface area contributed by atoms with Gasteiger partial charge in [0.25, 0.3) is 0 Å². The molecule has 41 valence electrons. The molecule has 4 heteroatoms. The molecule has 0 atom stereocenters. The number of aromatic amines is 1. The fourth-order valence-electron chi connectivity index (χ4n) is 0.363. The first-order valence-electron chi connectivity index (χ1n) is 2.01. The van der Waals surface area contributed by atoms with E-state index in [-0.39, 0.29) is 5.56 Å². The molecular formula is C4H3N2O2. The first-order valence-corrected chi connectivity index (χ1v) is 2.01. The highest BCUT2D eigenvalue weighted by Crippen LogP contribution is 1.90. The lowest BCUT2D eigenvalue weighted by Crippen LogP contribution is -1.88. The molecule has 0 spiro atoms. The lowest BCUT2D eigenvalue weighted by Gasteiger charge is -1.72. The van der Waals surface area contributed by atoms with Gasteiger partial charge < -0.3 is 0 Å². The maximum absolute atomic E-state index is 9.89. The van der Waals surface area contributed by atoms with Crippen LogP contribution >= 0.6 is 0 Å². The van der Waals surface area contributed by atoms with Gasteiger partial charge in [-0.25, -0.2) is 9.90 Å². The van der Waals surface area contributed by atoms with E-state index in [0.29, 0.717) is 0 Å². The molecule has 1 aromatic heterocycles. The van der Waals surface area contributed by atoms with E-state index < -0.39 is 5.97 Å². The number of nitrogens with zero attached hydrogens (tertiary/aromatic N) is 1. The van der Waals surface area contributed by atoms with Crippen LogP contribution in [0.2, 0.25) is 0 Å². The zero-order chi connectivity index (χ0) is 5.98. The summed E-state index contributed by atoms with van der Waals surface area (Å²) < 4.78 is 0. The minimum absolute atomic E-state index is 0.0741. The molecule has 0 unspecified atom stereocenters. The molecule has 1 N–H and O–H groups in total. The Morgan fingerprint density at radius 3 is 2.75 bits per heavy atom. The van der Waals surface area contributed by atoms with E-state index in [1.165, 1.54) is 12.4 Å². The fourth-order valence-corrected chi connectivity index (χ4v) is 0.363. The van der Waals surface area contributed by atoms with E-state index in [2.05, 4.69) is 10.2 Å². The minimum atomic E-state index is -1.21. The zero-order valence-electron chi connectivity index (χ0n) is 3.92. The third kappa shape index (κ3) is 0.676. The summed E-state index contributed by atoms with van der Waals surface area (Å²) in [6, 6.07) is 0. The first kappa shape index (κ1) is 4.83. The summed E-state index contributed by atoms with van der Waals surface area (Å²) in [5.74, 6) is -1.21. The van der Waals surface area contributed by atoms with Gasteiger partial charge >= 0.3 is 5.97 Å². The molecule has 1 rings (SSSR count). The third-order valence-corrected chi connectivity index (χ3v) is 0.734. The van der Waals surface area contributed by atoms with Crippen molar-refractivity contribution in [1.29, 1.82) is 0 Å². The van der Waals surface area contributed by atoms with Gasteiger partial charge in [0.05, 0.1) is 6.20 Å². The number of carbonyl (C=O) groups excluding carboxylic acids is 1. The molecule has 1 aromatic rings. The summed E-state index contributed by atoms with van der Waals surface area (Å²) in [4.78, 5) is 9.89. The molecule has 0 aromatic carbocycles. The molecule has 4 nitrogen and oxygen atoms in total. The van der Waals surface area contributed by atoms with Gasteiger partial charge in [0.15, 0.2) is 0 Å². The largest absolute Gasteiger partial charge is 0.389 e. The summed E-state index contributed by atoms with van der Waals surface area (Å²) in [5, 5.41) is 15.6. The maximum Gasteiger partial charge on any atom is 0.389 e. The Morgan fingerprint density at radius 1 is 1.75 bits per heavy atom. The van der Waals surface area contributed by atoms with Crippen LogP contribution in [-0.2, 0) is 5.11 Å². The summed E-state index contributed by atoms with van der Waals surface area (Å²) in [6.07, 6.45) is 2.45. The van der Waals surface area contributed by atoms with Crippen molar-refractivity contribution < 1.29 is 9.90 Å². The SMILES string of the molecule is [O]C(=O)c1cn[nH]c1. The molecule has 0 fully saturated rings. The molecule has 1 heterocycles. The average molecular weight is 111 g/mol. The second-order valence-electron chi connectivity index (χ2n) is 1.27. The Bertz CT molecular complexity index is 180. The van der Waals surface area contributed by atoms with Crippen molar-refractivity contribution in [3.63, 3.8) is 0 Å². The lowest BCUT2D eigenvalue weighted by molar-refractivity contribution is 0.0573. The van der Waals surface area contributed by atoms with Gasteiger partial charge in [-0.1, -0.05) is 0 Å². The first-order chi connectivity index (χ1) is 3.80. The second-order valence-corrected chi connectivity index (χ2v) is 1.27. The smallest absolute Gasteiger partial charge is 0.285 e. The number of aromatic nitrogens is 2. The highest BCUT2D eigenvalue weighted by molar-refractivity contribution is 5.86. The topological polar surface area (TPSA) is 65.7 Å². The van der Waals surface area contributed by atoms with Crippen LogP contribution < -0.4 is 0 Å². The van der Waals surface area contributed by atoms with Crippen molar-refractivity contribution in [3.8, 4) is 0 Å². The van der Waals surface area contributed by atoms with Crippen LogP contribution in [0.4, 0.5) is 0 Å². The molecular weight excluding hydrogens is 108 g/mol. The highest BCUT2D eigenvalue weighted by Gasteiger charge is 2.02. The molecule has 0 saturated carbocycles. The standard InChI is InChI=1S/C4H3N2O2/c7-4(8)3-1-5-6-2-3/h1-2H,(H,5,6). The molecule has 0 bridgehead atoms. The Kier molecular flexibility index (Phi) is 0.997. The molecule has 0 amide bonds. The molecule has 1 radical (unpaired) electrons. The molecule has 0 saturated heterocycles. The molecule has 0 aliphatic heterocycles. The average Bonchev–Trinajstić information content (AvgIpc) is 2.12. The van der Waals surface area contributed by atoms with E-state index in [9.17, 15) is 9.90 Å². The summed E-state index contributed by atoms with van der Waals surface area (Å²) >= 11 is 0. The van der Waals surface area contributed by atoms with Gasteiger partial charge in [-0.2, -0.15) is 5.10 Å². The van der Waals surface area contributed by atoms with Crippen LogP contribution in [0.25, 0.3) is 0 Å². The number of hydrogen-bond acceptors (Lipinski definition) is 2. The number of nitrogens with one attached hydrogen (secondary N) is 1. The van der Waals surface area contributed by atoms with Gasteiger partial charge in [0, 0.05) is 6.20 Å². The predicted octanol–water partition coefficient (Wildman–Crippen LogP) is -0.0196. The monoisotopic (exact) mass is 111 g/mol. The Hall–Kier alpha value is -1.32. The van der Waals surface area contributed by atoms with Crippen molar-refractivity contribution in [2.45, 2.75) is 0 Å². The van der Waals surface area contributed by atoms with E-state index in [1.807, 2.05) is 0 Å². The van der Waals surface area contributed by atoms with E-state index in [1.54, 1.807) is 0 Å². The van der Waals surface area contributed by atoms with E-state index >= 15 is 0 Å². The van der Waals surface area contributed by atoms with E-state index in [0.717, 1.165) is 0 Å². The summed E-state index contributed by atoms with van der Waals surface area (Å²) in [6.45, 7) is 0. The number of rotatable bonds is 1. The van der Waals surface area contributed by atoms with Crippen LogP contribution in [0.5, 0.6) is 0 Å². The molecule has 8 heavy (non-hydrogen) atoms. The van der Waals surface area contributed by atoms with Gasteiger partial charge in [-0.3, -0.25) is 5.10 Å². The summed E-state index contributed by atoms with van der Waals surface area (Å²) in [5.41, 5.74) is 0.0741. The molecule has 0 aliphatic carbocycles. The van der Waals surface area contributed by atoms with Crippen LogP contribution in [-0.4, -0.2) is 16.2 Å². The van der Waals surface area contributed by atoms with Gasteiger partial charge in [-0.15, -0.1) is 0 Å². The fraction of sp³-hybridized carbons (Fsp3) is 0. The van der Waals surface area contributed by atoms with Crippen LogP contribution in [0, 0.1) is 0 Å². The minimum Gasteiger partial charge on any atom is -0.285 e. The Morgan fingerprint density at radius 2 is 2.50 bits per heavy atom. The Labute approximate surface area is 45.1 Å². The van der Waals surface area contributed by atoms with Crippen molar-refractivity contribution in [2.75, 3.05) is 0 Å². The Balaban J connectivity index is 2.93. The van der Waals surface area contributed by atoms with Crippen molar-refractivity contribution in [1.82, 2.24) is 10.2 Å².